The number of carbonyl (C=O) groups is 1. The first-order valence-corrected chi connectivity index (χ1v) is 8.57. The Kier molecular flexibility index (Phi) is 5.01. The molecule has 2 amide bonds. The monoisotopic (exact) mass is 353 g/mol. The topological polar surface area (TPSA) is 87.5 Å². The average molecular weight is 353 g/mol. The molecule has 2 aromatic heterocycles. The van der Waals surface area contributed by atoms with E-state index in [0.29, 0.717) is 29.5 Å². The molecule has 3 rings (SSSR count). The van der Waals surface area contributed by atoms with Gasteiger partial charge in [-0.2, -0.15) is 4.52 Å². The Bertz CT molecular complexity index is 907. The molecular formula is C18H23N7O. The summed E-state index contributed by atoms with van der Waals surface area (Å²) in [7, 11) is 1.97. The fourth-order valence-electron chi connectivity index (χ4n) is 2.72. The lowest BCUT2D eigenvalue weighted by Crippen LogP contribution is -2.29. The first kappa shape index (κ1) is 17.7. The van der Waals surface area contributed by atoms with Gasteiger partial charge in [0.15, 0.2) is 11.6 Å². The van der Waals surface area contributed by atoms with Gasteiger partial charge >= 0.3 is 6.03 Å². The normalized spacial score (nSPS) is 12.0. The molecule has 8 nitrogen and oxygen atoms in total. The minimum Gasteiger partial charge on any atom is -0.351 e. The van der Waals surface area contributed by atoms with E-state index < -0.39 is 0 Å². The lowest BCUT2D eigenvalue weighted by atomic mass is 10.1. The van der Waals surface area contributed by atoms with Gasteiger partial charge in [-0.1, -0.05) is 30.3 Å². The number of nitrogens with zero attached hydrogens (tertiary/aromatic N) is 5. The van der Waals surface area contributed by atoms with Crippen molar-refractivity contribution in [3.05, 3.63) is 47.8 Å². The van der Waals surface area contributed by atoms with Crippen molar-refractivity contribution in [1.82, 2.24) is 25.1 Å². The van der Waals surface area contributed by atoms with E-state index in [9.17, 15) is 4.79 Å². The summed E-state index contributed by atoms with van der Waals surface area (Å²) in [5.74, 6) is 1.37. The van der Waals surface area contributed by atoms with Crippen molar-refractivity contribution in [2.75, 3.05) is 23.8 Å². The molecule has 0 fully saturated rings. The van der Waals surface area contributed by atoms with Gasteiger partial charge in [-0.05, 0) is 26.3 Å². The van der Waals surface area contributed by atoms with Crippen molar-refractivity contribution < 1.29 is 4.79 Å². The smallest absolute Gasteiger partial charge is 0.319 e. The zero-order valence-corrected chi connectivity index (χ0v) is 15.4. The molecule has 0 saturated carbocycles. The van der Waals surface area contributed by atoms with Crippen molar-refractivity contribution in [2.24, 2.45) is 0 Å². The predicted octanol–water partition coefficient (Wildman–Crippen LogP) is 2.77. The van der Waals surface area contributed by atoms with E-state index in [1.807, 2.05) is 45.2 Å². The Hall–Kier alpha value is -3.16. The van der Waals surface area contributed by atoms with E-state index >= 15 is 0 Å². The zero-order valence-electron chi connectivity index (χ0n) is 15.4. The molecule has 3 aromatic rings. The molecular weight excluding hydrogens is 330 g/mol. The molecule has 2 N–H and O–H groups in total. The van der Waals surface area contributed by atoms with Crippen LogP contribution in [-0.2, 0) is 0 Å². The summed E-state index contributed by atoms with van der Waals surface area (Å²) >= 11 is 0. The Labute approximate surface area is 152 Å². The van der Waals surface area contributed by atoms with E-state index in [4.69, 9.17) is 0 Å². The summed E-state index contributed by atoms with van der Waals surface area (Å²) < 4.78 is 1.64. The predicted molar refractivity (Wildman–Crippen MR) is 101 cm³/mol. The Morgan fingerprint density at radius 3 is 2.69 bits per heavy atom. The average Bonchev–Trinajstić information content (AvgIpc) is 3.03. The van der Waals surface area contributed by atoms with Gasteiger partial charge < -0.3 is 15.5 Å². The molecule has 26 heavy (non-hydrogen) atoms. The Morgan fingerprint density at radius 1 is 1.27 bits per heavy atom. The number of rotatable bonds is 5. The highest BCUT2D eigenvalue weighted by Gasteiger charge is 2.18. The quantitative estimate of drug-likeness (QED) is 0.736. The van der Waals surface area contributed by atoms with Crippen molar-refractivity contribution in [2.45, 2.75) is 26.8 Å². The Balaban J connectivity index is 2.00. The lowest BCUT2D eigenvalue weighted by Gasteiger charge is -2.26. The van der Waals surface area contributed by atoms with E-state index in [2.05, 4.69) is 49.9 Å². The molecule has 0 aliphatic heterocycles. The molecule has 0 saturated heterocycles. The summed E-state index contributed by atoms with van der Waals surface area (Å²) in [6, 6.07) is 11.8. The highest BCUT2D eigenvalue weighted by Crippen LogP contribution is 2.27. The van der Waals surface area contributed by atoms with Crippen LogP contribution in [0.1, 0.15) is 31.3 Å². The van der Waals surface area contributed by atoms with Crippen LogP contribution in [0, 0.1) is 6.92 Å². The number of fused-ring (bicyclic) bond motifs is 1. The molecule has 136 valence electrons. The standard InChI is InChI=1S/C18H23N7O/c1-5-19-18(26)20-15-11-16(23-25-13(3)21-22-17(15)25)24(4)12(2)14-9-7-6-8-10-14/h6-12H,5H2,1-4H3,(H2,19,20,26)/t12-/m0/s1. The maximum Gasteiger partial charge on any atom is 0.319 e. The number of anilines is 2. The summed E-state index contributed by atoms with van der Waals surface area (Å²) in [4.78, 5) is 14.0. The van der Waals surface area contributed by atoms with Gasteiger partial charge in [-0.25, -0.2) is 4.79 Å². The number of aromatic nitrogens is 4. The molecule has 0 bridgehead atoms. The van der Waals surface area contributed by atoms with Gasteiger partial charge in [0, 0.05) is 19.7 Å². The van der Waals surface area contributed by atoms with Gasteiger partial charge in [0.05, 0.1) is 11.7 Å². The molecule has 0 radical (unpaired) electrons. The summed E-state index contributed by atoms with van der Waals surface area (Å²) in [6.07, 6.45) is 0. The van der Waals surface area contributed by atoms with Crippen LogP contribution in [0.3, 0.4) is 0 Å². The Morgan fingerprint density at radius 2 is 2.00 bits per heavy atom. The second kappa shape index (κ2) is 7.38. The number of nitrogens with one attached hydrogen (secondary N) is 2. The van der Waals surface area contributed by atoms with Crippen LogP contribution in [0.5, 0.6) is 0 Å². The van der Waals surface area contributed by atoms with E-state index in [1.54, 1.807) is 4.52 Å². The first-order chi connectivity index (χ1) is 12.5. The van der Waals surface area contributed by atoms with Gasteiger partial charge in [-0.3, -0.25) is 0 Å². The van der Waals surface area contributed by atoms with Crippen LogP contribution in [0.2, 0.25) is 0 Å². The highest BCUT2D eigenvalue weighted by atomic mass is 16.2. The number of benzene rings is 1. The van der Waals surface area contributed by atoms with Gasteiger partial charge in [0.2, 0.25) is 5.65 Å². The second-order valence-electron chi connectivity index (χ2n) is 6.08. The number of hydrogen-bond donors (Lipinski definition) is 2. The molecule has 1 aromatic carbocycles. The van der Waals surface area contributed by atoms with Crippen molar-refractivity contribution in [3.8, 4) is 0 Å². The fraction of sp³-hybridized carbons (Fsp3) is 0.333. The minimum absolute atomic E-state index is 0.107. The van der Waals surface area contributed by atoms with E-state index in [-0.39, 0.29) is 12.1 Å². The molecule has 1 atom stereocenters. The SMILES string of the molecule is CCNC(=O)Nc1cc(N(C)[C@@H](C)c2ccccc2)nn2c(C)nnc12. The number of aryl methyl sites for hydroxylation is 1. The molecule has 0 aliphatic carbocycles. The van der Waals surface area contributed by atoms with Crippen LogP contribution in [0.25, 0.3) is 5.65 Å². The first-order valence-electron chi connectivity index (χ1n) is 8.57. The van der Waals surface area contributed by atoms with Crippen LogP contribution in [0.4, 0.5) is 16.3 Å². The molecule has 0 aliphatic rings. The van der Waals surface area contributed by atoms with Gasteiger partial charge in [-0.15, -0.1) is 15.3 Å². The molecule has 8 heteroatoms. The summed E-state index contributed by atoms with van der Waals surface area (Å²) in [6.45, 7) is 6.34. The summed E-state index contributed by atoms with van der Waals surface area (Å²) in [5, 5.41) is 18.4. The third kappa shape index (κ3) is 3.44. The van der Waals surface area contributed by atoms with Crippen molar-refractivity contribution in [3.63, 3.8) is 0 Å². The zero-order chi connectivity index (χ0) is 18.7. The maximum absolute atomic E-state index is 12.0. The van der Waals surface area contributed by atoms with Crippen LogP contribution in [0.15, 0.2) is 36.4 Å². The molecule has 0 spiro atoms. The molecule has 0 unspecified atom stereocenters. The van der Waals surface area contributed by atoms with Crippen LogP contribution >= 0.6 is 0 Å². The van der Waals surface area contributed by atoms with Crippen LogP contribution in [-0.4, -0.2) is 39.4 Å². The fourth-order valence-corrected chi connectivity index (χ4v) is 2.72. The summed E-state index contributed by atoms with van der Waals surface area (Å²) in [5.41, 5.74) is 2.25. The van der Waals surface area contributed by atoms with E-state index in [0.717, 1.165) is 0 Å². The number of carbonyl (C=O) groups excluding carboxylic acids is 1. The molecule has 2 heterocycles. The largest absolute Gasteiger partial charge is 0.351 e. The highest BCUT2D eigenvalue weighted by molar-refractivity contribution is 5.93. The number of amides is 2. The van der Waals surface area contributed by atoms with E-state index in [1.165, 1.54) is 5.56 Å². The third-order valence-electron chi connectivity index (χ3n) is 4.32. The number of urea groups is 1. The lowest BCUT2D eigenvalue weighted by molar-refractivity contribution is 0.252. The van der Waals surface area contributed by atoms with Gasteiger partial charge in [0.25, 0.3) is 0 Å². The number of hydrogen-bond acceptors (Lipinski definition) is 5. The third-order valence-corrected chi connectivity index (χ3v) is 4.32. The van der Waals surface area contributed by atoms with Gasteiger partial charge in [0.1, 0.15) is 0 Å². The second-order valence-corrected chi connectivity index (χ2v) is 6.08. The van der Waals surface area contributed by atoms with Crippen molar-refractivity contribution in [1.29, 1.82) is 0 Å². The van der Waals surface area contributed by atoms with Crippen molar-refractivity contribution >= 4 is 23.2 Å². The van der Waals surface area contributed by atoms with Crippen LogP contribution < -0.4 is 15.5 Å². The minimum atomic E-state index is -0.286. The maximum atomic E-state index is 12.0.